The molecule has 36 heavy (non-hydrogen) atoms. The monoisotopic (exact) mass is 481 g/mol. The number of aromatic nitrogens is 3. The fourth-order valence-electron chi connectivity index (χ4n) is 5.44. The fourth-order valence-corrected chi connectivity index (χ4v) is 5.44. The minimum Gasteiger partial charge on any atom is -0.489 e. The second-order valence-electron chi connectivity index (χ2n) is 9.88. The number of benzene rings is 2. The Balaban J connectivity index is 1.26. The lowest BCUT2D eigenvalue weighted by Gasteiger charge is -2.36. The van der Waals surface area contributed by atoms with Crippen molar-refractivity contribution in [3.63, 3.8) is 0 Å². The number of anilines is 1. The van der Waals surface area contributed by atoms with Crippen molar-refractivity contribution in [2.75, 3.05) is 18.8 Å². The Bertz CT molecular complexity index is 1370. The second-order valence-corrected chi connectivity index (χ2v) is 9.88. The highest BCUT2D eigenvalue weighted by Gasteiger charge is 2.33. The van der Waals surface area contributed by atoms with E-state index in [4.69, 9.17) is 15.5 Å². The predicted molar refractivity (Wildman–Crippen MR) is 140 cm³/mol. The number of carbonyl (C=O) groups excluding carboxylic acids is 1. The molecule has 0 atom stereocenters. The quantitative estimate of drug-likeness (QED) is 0.416. The van der Waals surface area contributed by atoms with Crippen LogP contribution in [0, 0.1) is 5.92 Å². The minimum absolute atomic E-state index is 0.150. The normalized spacial score (nSPS) is 19.7. The van der Waals surface area contributed by atoms with Gasteiger partial charge < -0.3 is 15.4 Å². The zero-order valence-corrected chi connectivity index (χ0v) is 20.3. The van der Waals surface area contributed by atoms with Gasteiger partial charge >= 0.3 is 0 Å². The van der Waals surface area contributed by atoms with Crippen molar-refractivity contribution >= 4 is 17.2 Å². The molecular formula is C29H31N5O2. The third kappa shape index (κ3) is 4.30. The predicted octanol–water partition coefficient (Wildman–Crippen LogP) is 5.06. The number of nitrogens with zero attached hydrogens (tertiary/aromatic N) is 4. The van der Waals surface area contributed by atoms with Crippen LogP contribution in [0.25, 0.3) is 16.8 Å². The van der Waals surface area contributed by atoms with E-state index in [9.17, 15) is 4.79 Å². The molecule has 0 unspecified atom stereocenters. The van der Waals surface area contributed by atoms with Crippen LogP contribution in [-0.2, 0) is 11.4 Å². The summed E-state index contributed by atoms with van der Waals surface area (Å²) in [5.41, 5.74) is 10.1. The molecule has 1 aliphatic heterocycles. The van der Waals surface area contributed by atoms with Gasteiger partial charge in [-0.15, -0.1) is 0 Å². The smallest absolute Gasteiger partial charge is 0.225 e. The summed E-state index contributed by atoms with van der Waals surface area (Å²) in [5.74, 6) is 3.02. The Morgan fingerprint density at radius 1 is 1.03 bits per heavy atom. The van der Waals surface area contributed by atoms with E-state index in [-0.39, 0.29) is 11.8 Å². The van der Waals surface area contributed by atoms with E-state index in [0.29, 0.717) is 18.3 Å². The Morgan fingerprint density at radius 2 is 1.83 bits per heavy atom. The summed E-state index contributed by atoms with van der Waals surface area (Å²) < 4.78 is 8.16. The summed E-state index contributed by atoms with van der Waals surface area (Å²) in [5, 5.41) is 0. The number of nitrogens with two attached hydrogens (primary N) is 1. The summed E-state index contributed by atoms with van der Waals surface area (Å²) in [6.45, 7) is 2.35. The number of hydrogen-bond acceptors (Lipinski definition) is 5. The summed E-state index contributed by atoms with van der Waals surface area (Å²) in [6, 6.07) is 18.1. The van der Waals surface area contributed by atoms with E-state index in [1.54, 1.807) is 6.20 Å². The summed E-state index contributed by atoms with van der Waals surface area (Å²) in [7, 11) is 0. The third-order valence-corrected chi connectivity index (χ3v) is 7.58. The van der Waals surface area contributed by atoms with Crippen molar-refractivity contribution < 1.29 is 9.53 Å². The number of fused-ring (bicyclic) bond motifs is 1. The summed E-state index contributed by atoms with van der Waals surface area (Å²) in [6.07, 6.45) is 8.54. The van der Waals surface area contributed by atoms with Crippen molar-refractivity contribution in [1.29, 1.82) is 0 Å². The lowest BCUT2D eigenvalue weighted by molar-refractivity contribution is -0.140. The Labute approximate surface area is 210 Å². The number of hydrogen-bond donors (Lipinski definition) is 1. The molecule has 7 nitrogen and oxygen atoms in total. The maximum atomic E-state index is 12.7. The number of rotatable bonds is 6. The van der Waals surface area contributed by atoms with Gasteiger partial charge in [-0.25, -0.2) is 9.97 Å². The highest BCUT2D eigenvalue weighted by atomic mass is 16.5. The first-order chi connectivity index (χ1) is 17.7. The van der Waals surface area contributed by atoms with E-state index in [0.717, 1.165) is 79.1 Å². The number of imidazole rings is 1. The maximum absolute atomic E-state index is 12.7. The van der Waals surface area contributed by atoms with Gasteiger partial charge in [0.25, 0.3) is 0 Å². The zero-order valence-electron chi connectivity index (χ0n) is 20.3. The van der Waals surface area contributed by atoms with Gasteiger partial charge in [0.1, 0.15) is 35.2 Å². The molecule has 184 valence electrons. The molecule has 2 aliphatic rings. The highest BCUT2D eigenvalue weighted by molar-refractivity contribution is 5.85. The molecule has 1 amide bonds. The van der Waals surface area contributed by atoms with E-state index in [1.165, 1.54) is 0 Å². The topological polar surface area (TPSA) is 85.8 Å². The van der Waals surface area contributed by atoms with Crippen LogP contribution < -0.4 is 10.5 Å². The lowest BCUT2D eigenvalue weighted by Crippen LogP contribution is -2.45. The first-order valence-corrected chi connectivity index (χ1v) is 12.9. The molecule has 6 rings (SSSR count). The van der Waals surface area contributed by atoms with Gasteiger partial charge in [0, 0.05) is 42.9 Å². The van der Waals surface area contributed by atoms with Crippen LogP contribution in [0.2, 0.25) is 0 Å². The molecule has 4 aromatic rings. The van der Waals surface area contributed by atoms with E-state index >= 15 is 0 Å². The Hall–Kier alpha value is -3.87. The van der Waals surface area contributed by atoms with Crippen molar-refractivity contribution in [2.45, 2.75) is 44.6 Å². The van der Waals surface area contributed by atoms with Gasteiger partial charge in [-0.3, -0.25) is 9.20 Å². The highest BCUT2D eigenvalue weighted by Crippen LogP contribution is 2.39. The number of ether oxygens (including phenoxy) is 1. The van der Waals surface area contributed by atoms with Crippen LogP contribution in [0.15, 0.2) is 67.0 Å². The molecule has 1 aliphatic carbocycles. The van der Waals surface area contributed by atoms with Crippen molar-refractivity contribution in [1.82, 2.24) is 19.3 Å². The second kappa shape index (κ2) is 9.64. The standard InChI is InChI=1S/C29H31N5O2/c30-27-26-25(23-8-4-9-24(18-23)36-19-20-6-2-1-3-7-20)32-28(34(26)17-14-31-27)21-10-12-22(13-11-21)29(35)33-15-5-16-33/h1-4,6-9,14,17-18,21-22H,5,10-13,15-16,19H2,(H2,30,31). The molecule has 1 saturated carbocycles. The average Bonchev–Trinajstić information content (AvgIpc) is 3.28. The summed E-state index contributed by atoms with van der Waals surface area (Å²) in [4.78, 5) is 24.2. The van der Waals surface area contributed by atoms with Crippen molar-refractivity contribution in [3.8, 4) is 17.0 Å². The van der Waals surface area contributed by atoms with Crippen LogP contribution in [0.3, 0.4) is 0 Å². The number of carbonyl (C=O) groups is 1. The summed E-state index contributed by atoms with van der Waals surface area (Å²) >= 11 is 0. The van der Waals surface area contributed by atoms with Crippen LogP contribution in [-0.4, -0.2) is 38.3 Å². The zero-order chi connectivity index (χ0) is 24.5. The van der Waals surface area contributed by atoms with E-state index in [2.05, 4.69) is 21.5 Å². The largest absolute Gasteiger partial charge is 0.489 e. The third-order valence-electron chi connectivity index (χ3n) is 7.58. The SMILES string of the molecule is Nc1nccn2c(C3CCC(C(=O)N4CCC4)CC3)nc(-c3cccc(OCc4ccccc4)c3)c12. The van der Waals surface area contributed by atoms with Crippen LogP contribution in [0.1, 0.15) is 49.4 Å². The van der Waals surface area contributed by atoms with Gasteiger partial charge in [0.05, 0.1) is 0 Å². The van der Waals surface area contributed by atoms with E-state index < -0.39 is 0 Å². The first kappa shape index (κ1) is 22.6. The number of amides is 1. The molecule has 2 N–H and O–H groups in total. The maximum Gasteiger partial charge on any atom is 0.225 e. The molecular weight excluding hydrogens is 450 g/mol. The molecule has 0 radical (unpaired) electrons. The van der Waals surface area contributed by atoms with Gasteiger partial charge in [0.2, 0.25) is 5.91 Å². The fraction of sp³-hybridized carbons (Fsp3) is 0.345. The molecule has 2 fully saturated rings. The Kier molecular flexibility index (Phi) is 6.05. The van der Waals surface area contributed by atoms with Crippen molar-refractivity contribution in [3.05, 3.63) is 78.4 Å². The molecule has 1 saturated heterocycles. The number of likely N-dealkylation sites (tertiary alicyclic amines) is 1. The van der Waals surface area contributed by atoms with Crippen LogP contribution in [0.4, 0.5) is 5.82 Å². The van der Waals surface area contributed by atoms with Crippen LogP contribution >= 0.6 is 0 Å². The van der Waals surface area contributed by atoms with Gasteiger partial charge in [0.15, 0.2) is 0 Å². The molecule has 7 heteroatoms. The molecule has 2 aromatic heterocycles. The molecule has 0 spiro atoms. The van der Waals surface area contributed by atoms with Crippen molar-refractivity contribution in [2.24, 2.45) is 5.92 Å². The first-order valence-electron chi connectivity index (χ1n) is 12.9. The molecule has 2 aromatic carbocycles. The number of nitrogen functional groups attached to an aromatic ring is 1. The molecule has 0 bridgehead atoms. The lowest BCUT2D eigenvalue weighted by atomic mass is 9.80. The average molecular weight is 482 g/mol. The van der Waals surface area contributed by atoms with Gasteiger partial charge in [-0.2, -0.15) is 0 Å². The van der Waals surface area contributed by atoms with Gasteiger partial charge in [-0.1, -0.05) is 42.5 Å². The van der Waals surface area contributed by atoms with E-state index in [1.807, 2.05) is 53.6 Å². The Morgan fingerprint density at radius 3 is 2.58 bits per heavy atom. The van der Waals surface area contributed by atoms with Gasteiger partial charge in [-0.05, 0) is 49.8 Å². The van der Waals surface area contributed by atoms with Crippen LogP contribution in [0.5, 0.6) is 5.75 Å². The minimum atomic E-state index is 0.150. The molecule has 3 heterocycles.